The second kappa shape index (κ2) is 9.88. The molecule has 2 aromatic rings. The number of piperidine rings is 1. The molecule has 4 rings (SSSR count). The first-order valence-electron chi connectivity index (χ1n) is 10.9. The number of anilines is 1. The van der Waals surface area contributed by atoms with Crippen molar-refractivity contribution in [3.8, 4) is 5.75 Å². The van der Waals surface area contributed by atoms with Crippen molar-refractivity contribution in [1.29, 1.82) is 0 Å². The number of hydrogen-bond acceptors (Lipinski definition) is 4. The Morgan fingerprint density at radius 1 is 1.10 bits per heavy atom. The van der Waals surface area contributed by atoms with Crippen LogP contribution in [-0.2, 0) is 11.3 Å². The maximum absolute atomic E-state index is 14.2. The van der Waals surface area contributed by atoms with Crippen LogP contribution in [0.25, 0.3) is 0 Å². The second-order valence-corrected chi connectivity index (χ2v) is 8.69. The molecule has 0 N–H and O–H groups in total. The molecule has 166 valence electrons. The number of benzene rings is 2. The molecule has 31 heavy (non-hydrogen) atoms. The number of likely N-dealkylation sites (tertiary alicyclic amines) is 1. The number of rotatable bonds is 5. The summed E-state index contributed by atoms with van der Waals surface area (Å²) in [7, 11) is 1.66. The van der Waals surface area contributed by atoms with E-state index in [1.807, 2.05) is 17.0 Å². The van der Waals surface area contributed by atoms with Crippen LogP contribution in [0.15, 0.2) is 42.5 Å². The zero-order valence-corrected chi connectivity index (χ0v) is 18.7. The Morgan fingerprint density at radius 3 is 2.52 bits per heavy atom. The molecule has 2 aliphatic heterocycles. The minimum Gasteiger partial charge on any atom is -0.497 e. The van der Waals surface area contributed by atoms with Gasteiger partial charge in [0.2, 0.25) is 5.91 Å². The van der Waals surface area contributed by atoms with Crippen molar-refractivity contribution in [3.63, 3.8) is 0 Å². The van der Waals surface area contributed by atoms with Crippen molar-refractivity contribution in [2.75, 3.05) is 51.3 Å². The van der Waals surface area contributed by atoms with E-state index in [2.05, 4.69) is 21.9 Å². The van der Waals surface area contributed by atoms with Crippen molar-refractivity contribution >= 4 is 23.2 Å². The van der Waals surface area contributed by atoms with Crippen molar-refractivity contribution < 1.29 is 13.9 Å². The molecule has 0 saturated carbocycles. The van der Waals surface area contributed by atoms with Crippen LogP contribution < -0.4 is 9.64 Å². The van der Waals surface area contributed by atoms with E-state index in [9.17, 15) is 9.18 Å². The van der Waals surface area contributed by atoms with E-state index in [1.165, 1.54) is 6.07 Å². The predicted molar refractivity (Wildman–Crippen MR) is 121 cm³/mol. The summed E-state index contributed by atoms with van der Waals surface area (Å²) in [5.74, 6) is 0.747. The van der Waals surface area contributed by atoms with E-state index in [0.29, 0.717) is 23.7 Å². The van der Waals surface area contributed by atoms with E-state index in [-0.39, 0.29) is 17.6 Å². The molecule has 2 aliphatic rings. The molecule has 5 nitrogen and oxygen atoms in total. The number of ether oxygens (including phenoxy) is 1. The zero-order chi connectivity index (χ0) is 21.8. The topological polar surface area (TPSA) is 36.0 Å². The van der Waals surface area contributed by atoms with Gasteiger partial charge in [0.1, 0.15) is 11.6 Å². The van der Waals surface area contributed by atoms with Gasteiger partial charge in [0, 0.05) is 55.5 Å². The summed E-state index contributed by atoms with van der Waals surface area (Å²) in [5, 5.41) is 0.447. The molecule has 2 saturated heterocycles. The number of hydrogen-bond donors (Lipinski definition) is 0. The molecule has 1 atom stereocenters. The Morgan fingerprint density at radius 2 is 1.84 bits per heavy atom. The maximum Gasteiger partial charge on any atom is 0.227 e. The largest absolute Gasteiger partial charge is 0.497 e. The van der Waals surface area contributed by atoms with Crippen LogP contribution in [0.5, 0.6) is 5.75 Å². The average molecular weight is 446 g/mol. The van der Waals surface area contributed by atoms with Crippen LogP contribution >= 0.6 is 11.6 Å². The maximum atomic E-state index is 14.2. The molecule has 2 aromatic carbocycles. The van der Waals surface area contributed by atoms with Gasteiger partial charge < -0.3 is 14.5 Å². The van der Waals surface area contributed by atoms with Gasteiger partial charge >= 0.3 is 0 Å². The first-order valence-corrected chi connectivity index (χ1v) is 11.3. The van der Waals surface area contributed by atoms with Gasteiger partial charge in [0.25, 0.3) is 0 Å². The first kappa shape index (κ1) is 21.9. The molecule has 0 aromatic heterocycles. The van der Waals surface area contributed by atoms with Gasteiger partial charge in [-0.25, -0.2) is 4.39 Å². The van der Waals surface area contributed by atoms with Gasteiger partial charge in [-0.1, -0.05) is 17.7 Å². The lowest BCUT2D eigenvalue weighted by atomic mass is 9.95. The van der Waals surface area contributed by atoms with E-state index in [0.717, 1.165) is 57.0 Å². The van der Waals surface area contributed by atoms with Crippen LogP contribution in [-0.4, -0.2) is 62.1 Å². The molecule has 0 aliphatic carbocycles. The van der Waals surface area contributed by atoms with Gasteiger partial charge in [-0.3, -0.25) is 9.69 Å². The molecule has 7 heteroatoms. The smallest absolute Gasteiger partial charge is 0.227 e. The highest BCUT2D eigenvalue weighted by Gasteiger charge is 2.31. The monoisotopic (exact) mass is 445 g/mol. The Hall–Kier alpha value is -2.31. The normalized spacial score (nSPS) is 20.0. The fraction of sp³-hybridized carbons (Fsp3) is 0.458. The number of carbonyl (C=O) groups excluding carboxylic acids is 1. The summed E-state index contributed by atoms with van der Waals surface area (Å²) in [4.78, 5) is 19.6. The third kappa shape index (κ3) is 5.13. The predicted octanol–water partition coefficient (Wildman–Crippen LogP) is 4.05. The number of carbonyl (C=O) groups is 1. The lowest BCUT2D eigenvalue weighted by molar-refractivity contribution is -0.137. The lowest BCUT2D eigenvalue weighted by Gasteiger charge is -2.39. The third-order valence-electron chi connectivity index (χ3n) is 6.33. The summed E-state index contributed by atoms with van der Waals surface area (Å²) in [6.07, 6.45) is 1.83. The summed E-state index contributed by atoms with van der Waals surface area (Å²) in [5.41, 5.74) is 1.67. The number of halogens is 2. The molecular formula is C24H29ClFN3O2. The Kier molecular flexibility index (Phi) is 6.98. The van der Waals surface area contributed by atoms with Gasteiger partial charge in [-0.2, -0.15) is 0 Å². The SMILES string of the molecule is COc1ccc(N2CCN(C(=O)C3CCCN(Cc4c(F)cccc4Cl)C3)CC2)cc1. The highest BCUT2D eigenvalue weighted by Crippen LogP contribution is 2.26. The van der Waals surface area contributed by atoms with E-state index in [1.54, 1.807) is 19.2 Å². The number of amides is 1. The van der Waals surface area contributed by atoms with E-state index < -0.39 is 0 Å². The number of methoxy groups -OCH3 is 1. The van der Waals surface area contributed by atoms with Gasteiger partial charge in [0.15, 0.2) is 0 Å². The number of nitrogens with zero attached hydrogens (tertiary/aromatic N) is 3. The molecule has 0 spiro atoms. The van der Waals surface area contributed by atoms with Crippen LogP contribution in [0.4, 0.5) is 10.1 Å². The molecule has 0 bridgehead atoms. The fourth-order valence-corrected chi connectivity index (χ4v) is 4.77. The summed E-state index contributed by atoms with van der Waals surface area (Å²) >= 11 is 6.20. The van der Waals surface area contributed by atoms with Crippen LogP contribution in [0.2, 0.25) is 5.02 Å². The van der Waals surface area contributed by atoms with Gasteiger partial charge in [0.05, 0.1) is 13.0 Å². The van der Waals surface area contributed by atoms with Crippen molar-refractivity contribution in [3.05, 3.63) is 58.9 Å². The Balaban J connectivity index is 1.32. The van der Waals surface area contributed by atoms with Crippen LogP contribution in [0.1, 0.15) is 18.4 Å². The fourth-order valence-electron chi connectivity index (χ4n) is 4.54. The second-order valence-electron chi connectivity index (χ2n) is 8.28. The highest BCUT2D eigenvalue weighted by molar-refractivity contribution is 6.31. The van der Waals surface area contributed by atoms with Gasteiger partial charge in [-0.15, -0.1) is 0 Å². The summed E-state index contributed by atoms with van der Waals surface area (Å²) < 4.78 is 19.4. The van der Waals surface area contributed by atoms with E-state index in [4.69, 9.17) is 16.3 Å². The third-order valence-corrected chi connectivity index (χ3v) is 6.68. The van der Waals surface area contributed by atoms with Crippen molar-refractivity contribution in [2.24, 2.45) is 5.92 Å². The zero-order valence-electron chi connectivity index (χ0n) is 17.9. The van der Waals surface area contributed by atoms with Gasteiger partial charge in [-0.05, 0) is 55.8 Å². The molecule has 2 fully saturated rings. The lowest BCUT2D eigenvalue weighted by Crippen LogP contribution is -2.52. The Bertz CT molecular complexity index is 880. The standard InChI is InChI=1S/C24H29ClFN3O2/c1-31-20-9-7-19(8-10-20)28-12-14-29(15-13-28)24(30)18-4-3-11-27(16-18)17-21-22(25)5-2-6-23(21)26/h2,5-10,18H,3-4,11-17H2,1H3. The van der Waals surface area contributed by atoms with Crippen molar-refractivity contribution in [1.82, 2.24) is 9.80 Å². The van der Waals surface area contributed by atoms with Crippen LogP contribution in [0.3, 0.4) is 0 Å². The summed E-state index contributed by atoms with van der Waals surface area (Å²) in [6, 6.07) is 12.8. The van der Waals surface area contributed by atoms with Crippen molar-refractivity contribution in [2.45, 2.75) is 19.4 Å². The minimum atomic E-state index is -0.282. The number of piperazine rings is 1. The highest BCUT2D eigenvalue weighted by atomic mass is 35.5. The molecule has 1 unspecified atom stereocenters. The molecular weight excluding hydrogens is 417 g/mol. The molecule has 0 radical (unpaired) electrons. The quantitative estimate of drug-likeness (QED) is 0.695. The van der Waals surface area contributed by atoms with E-state index >= 15 is 0 Å². The Labute approximate surface area is 188 Å². The minimum absolute atomic E-state index is 0.0353. The average Bonchev–Trinajstić information content (AvgIpc) is 2.81. The molecule has 2 heterocycles. The van der Waals surface area contributed by atoms with Crippen LogP contribution in [0, 0.1) is 11.7 Å². The molecule has 1 amide bonds. The first-order chi connectivity index (χ1) is 15.0. The summed E-state index contributed by atoms with van der Waals surface area (Å²) in [6.45, 7) is 5.04.